The van der Waals surface area contributed by atoms with Crippen LogP contribution < -0.4 is 5.32 Å². The summed E-state index contributed by atoms with van der Waals surface area (Å²) in [5, 5.41) is 14.2. The Kier molecular flexibility index (Phi) is 2.00. The third kappa shape index (κ3) is 1.28. The number of nitrogens with zero attached hydrogens (tertiary/aromatic N) is 1. The highest BCUT2D eigenvalue weighted by atomic mass is 32.1. The van der Waals surface area contributed by atoms with Crippen LogP contribution >= 0.6 is 12.6 Å². The van der Waals surface area contributed by atoms with Gasteiger partial charge in [-0.15, -0.1) is 0 Å². The molecule has 0 aromatic carbocycles. The second kappa shape index (κ2) is 2.36. The Morgan fingerprint density at radius 2 is 1.82 bits per heavy atom. The Balaban J connectivity index is 2.89. The molecule has 1 unspecified atom stereocenters. The molecule has 0 aromatic rings. The first-order valence-corrected chi connectivity index (χ1v) is 4.25. The fourth-order valence-corrected chi connectivity index (χ4v) is 1.83. The van der Waals surface area contributed by atoms with Gasteiger partial charge in [-0.1, -0.05) is 0 Å². The minimum Gasteiger partial charge on any atom is -0.312 e. The largest absolute Gasteiger partial charge is 0.312 e. The first kappa shape index (κ1) is 9.32. The van der Waals surface area contributed by atoms with Gasteiger partial charge in [-0.25, -0.2) is 0 Å². The van der Waals surface area contributed by atoms with Gasteiger partial charge in [0.15, 0.2) is 0 Å². The van der Waals surface area contributed by atoms with Crippen molar-refractivity contribution in [3.8, 4) is 0 Å². The maximum atomic E-state index is 9.68. The number of hydrogen-bond donors (Lipinski definition) is 3. The van der Waals surface area contributed by atoms with Gasteiger partial charge < -0.3 is 5.21 Å². The van der Waals surface area contributed by atoms with E-state index in [-0.39, 0.29) is 16.6 Å². The maximum Gasteiger partial charge on any atom is 0.0909 e. The average molecular weight is 176 g/mol. The lowest BCUT2D eigenvalue weighted by molar-refractivity contribution is -0.194. The molecule has 0 aromatic heterocycles. The van der Waals surface area contributed by atoms with E-state index in [0.29, 0.717) is 0 Å². The van der Waals surface area contributed by atoms with Crippen LogP contribution in [0.3, 0.4) is 0 Å². The molecular weight excluding hydrogens is 160 g/mol. The van der Waals surface area contributed by atoms with Crippen molar-refractivity contribution < 1.29 is 5.21 Å². The summed E-state index contributed by atoms with van der Waals surface area (Å²) in [6.45, 7) is 7.74. The van der Waals surface area contributed by atoms with Gasteiger partial charge in [-0.3, -0.25) is 5.32 Å². The molecule has 11 heavy (non-hydrogen) atoms. The maximum absolute atomic E-state index is 9.68. The zero-order valence-electron chi connectivity index (χ0n) is 7.42. The predicted molar refractivity (Wildman–Crippen MR) is 47.7 cm³/mol. The molecule has 1 rings (SSSR count). The van der Waals surface area contributed by atoms with Gasteiger partial charge in [0.2, 0.25) is 0 Å². The molecule has 0 bridgehead atoms. The van der Waals surface area contributed by atoms with Crippen LogP contribution in [0.5, 0.6) is 0 Å². The molecule has 1 aliphatic heterocycles. The average Bonchev–Trinajstić information content (AvgIpc) is 1.94. The van der Waals surface area contributed by atoms with E-state index >= 15 is 0 Å². The molecule has 1 fully saturated rings. The Bertz CT molecular complexity index is 170. The van der Waals surface area contributed by atoms with Crippen LogP contribution in [0.1, 0.15) is 27.7 Å². The van der Waals surface area contributed by atoms with Gasteiger partial charge in [0.05, 0.1) is 16.6 Å². The molecule has 2 N–H and O–H groups in total. The zero-order valence-corrected chi connectivity index (χ0v) is 8.31. The highest BCUT2D eigenvalue weighted by molar-refractivity contribution is 7.81. The van der Waals surface area contributed by atoms with Crippen molar-refractivity contribution in [3.05, 3.63) is 0 Å². The van der Waals surface area contributed by atoms with Crippen LogP contribution in [-0.4, -0.2) is 26.8 Å². The molecule has 0 amide bonds. The predicted octanol–water partition coefficient (Wildman–Crippen LogP) is 1.05. The quantitative estimate of drug-likeness (QED) is 0.483. The highest BCUT2D eigenvalue weighted by Gasteiger charge is 2.49. The second-order valence-electron chi connectivity index (χ2n) is 4.07. The fraction of sp³-hybridized carbons (Fsp3) is 1.00. The van der Waals surface area contributed by atoms with E-state index in [1.165, 1.54) is 5.06 Å². The van der Waals surface area contributed by atoms with Crippen molar-refractivity contribution in [2.75, 3.05) is 0 Å². The number of hydroxylamine groups is 2. The molecule has 1 atom stereocenters. The van der Waals surface area contributed by atoms with Crippen molar-refractivity contribution in [2.45, 2.75) is 44.3 Å². The lowest BCUT2D eigenvalue weighted by Crippen LogP contribution is -2.49. The molecule has 4 heteroatoms. The topological polar surface area (TPSA) is 35.5 Å². The monoisotopic (exact) mass is 176 g/mol. The van der Waals surface area contributed by atoms with E-state index in [0.717, 1.165) is 0 Å². The second-order valence-corrected chi connectivity index (χ2v) is 4.59. The third-order valence-corrected chi connectivity index (χ3v) is 3.00. The highest BCUT2D eigenvalue weighted by Crippen LogP contribution is 2.33. The molecule has 0 radical (unpaired) electrons. The molecule has 1 saturated heterocycles. The van der Waals surface area contributed by atoms with Crippen molar-refractivity contribution in [1.29, 1.82) is 0 Å². The van der Waals surface area contributed by atoms with Crippen LogP contribution in [0.4, 0.5) is 0 Å². The smallest absolute Gasteiger partial charge is 0.0909 e. The van der Waals surface area contributed by atoms with Crippen molar-refractivity contribution in [3.63, 3.8) is 0 Å². The van der Waals surface area contributed by atoms with Crippen LogP contribution in [-0.2, 0) is 0 Å². The normalized spacial score (nSPS) is 36.0. The standard InChI is InChI=1S/C7H16N2OS/c1-6(2)5(11)8-7(3,4)9(6)10/h5,8,10-11H,1-4H3. The summed E-state index contributed by atoms with van der Waals surface area (Å²) < 4.78 is 0. The van der Waals surface area contributed by atoms with Crippen molar-refractivity contribution >= 4 is 12.6 Å². The Labute approximate surface area is 73.1 Å². The number of rotatable bonds is 0. The van der Waals surface area contributed by atoms with Gasteiger partial charge in [-0.2, -0.15) is 17.7 Å². The van der Waals surface area contributed by atoms with Gasteiger partial charge in [-0.05, 0) is 27.7 Å². The van der Waals surface area contributed by atoms with Crippen LogP contribution in [0.2, 0.25) is 0 Å². The Morgan fingerprint density at radius 3 is 1.91 bits per heavy atom. The van der Waals surface area contributed by atoms with E-state index in [2.05, 4.69) is 17.9 Å². The van der Waals surface area contributed by atoms with E-state index in [4.69, 9.17) is 0 Å². The SMILES string of the molecule is CC1(C)NC(S)C(C)(C)N1O. The van der Waals surface area contributed by atoms with Crippen LogP contribution in [0.25, 0.3) is 0 Å². The molecule has 1 heterocycles. The summed E-state index contributed by atoms with van der Waals surface area (Å²) in [4.78, 5) is 0. The number of hydrogen-bond acceptors (Lipinski definition) is 4. The van der Waals surface area contributed by atoms with Gasteiger partial charge in [0, 0.05) is 0 Å². The van der Waals surface area contributed by atoms with E-state index in [1.54, 1.807) is 0 Å². The molecule has 0 spiro atoms. The minimum atomic E-state index is -0.379. The van der Waals surface area contributed by atoms with E-state index < -0.39 is 0 Å². The molecule has 0 aliphatic carbocycles. The van der Waals surface area contributed by atoms with Gasteiger partial charge >= 0.3 is 0 Å². The van der Waals surface area contributed by atoms with Crippen molar-refractivity contribution in [1.82, 2.24) is 10.4 Å². The lowest BCUT2D eigenvalue weighted by atomic mass is 10.1. The summed E-state index contributed by atoms with van der Waals surface area (Å²) in [6, 6.07) is 0. The van der Waals surface area contributed by atoms with Crippen LogP contribution in [0.15, 0.2) is 0 Å². The summed E-state index contributed by atoms with van der Waals surface area (Å²) in [7, 11) is 0. The third-order valence-electron chi connectivity index (χ3n) is 2.23. The molecule has 3 nitrogen and oxygen atoms in total. The van der Waals surface area contributed by atoms with Crippen LogP contribution in [0, 0.1) is 0 Å². The van der Waals surface area contributed by atoms with E-state index in [1.807, 2.05) is 27.7 Å². The molecule has 0 saturated carbocycles. The lowest BCUT2D eigenvalue weighted by Gasteiger charge is -2.33. The summed E-state index contributed by atoms with van der Waals surface area (Å²) in [5.41, 5.74) is -0.692. The number of thiol groups is 1. The number of nitrogens with one attached hydrogen (secondary N) is 1. The molecule has 66 valence electrons. The Hall–Kier alpha value is 0.230. The van der Waals surface area contributed by atoms with Gasteiger partial charge in [0.25, 0.3) is 0 Å². The summed E-state index contributed by atoms with van der Waals surface area (Å²) >= 11 is 4.33. The first-order chi connectivity index (χ1) is 4.78. The molecule has 1 aliphatic rings. The molecular formula is C7H16N2OS. The van der Waals surface area contributed by atoms with Crippen molar-refractivity contribution in [2.24, 2.45) is 0 Å². The van der Waals surface area contributed by atoms with Gasteiger partial charge in [0.1, 0.15) is 0 Å². The summed E-state index contributed by atoms with van der Waals surface area (Å²) in [6.07, 6.45) is 0. The minimum absolute atomic E-state index is 0.00231. The summed E-state index contributed by atoms with van der Waals surface area (Å²) in [5.74, 6) is 0. The fourth-order valence-electron chi connectivity index (χ4n) is 1.41. The zero-order chi connectivity index (χ0) is 8.86. The Morgan fingerprint density at radius 1 is 1.36 bits per heavy atom. The first-order valence-electron chi connectivity index (χ1n) is 3.73. The van der Waals surface area contributed by atoms with E-state index in [9.17, 15) is 5.21 Å².